The minimum Gasteiger partial charge on any atom is -0.291 e. The van der Waals surface area contributed by atoms with Gasteiger partial charge in [-0.15, -0.1) is 0 Å². The first kappa shape index (κ1) is 12.7. The fraction of sp³-hybridized carbons (Fsp3) is 0.364. The molecule has 0 saturated carbocycles. The second-order valence-electron chi connectivity index (χ2n) is 3.48. The van der Waals surface area contributed by atoms with Crippen molar-refractivity contribution in [2.75, 3.05) is 0 Å². The van der Waals surface area contributed by atoms with Crippen molar-refractivity contribution < 1.29 is 22.4 Å². The second-order valence-corrected chi connectivity index (χ2v) is 3.48. The van der Waals surface area contributed by atoms with Gasteiger partial charge in [0, 0.05) is 18.9 Å². The molecule has 0 unspecified atom stereocenters. The Bertz CT molecular complexity index is 365. The number of hydrogen-bond donors (Lipinski definition) is 0. The predicted octanol–water partition coefficient (Wildman–Crippen LogP) is 3.09. The predicted molar refractivity (Wildman–Crippen MR) is 50.4 cm³/mol. The van der Waals surface area contributed by atoms with Gasteiger partial charge in [-0.3, -0.25) is 4.79 Å². The molecule has 0 aliphatic rings. The first-order valence-electron chi connectivity index (χ1n) is 4.49. The highest BCUT2D eigenvalue weighted by molar-refractivity contribution is 5.55. The van der Waals surface area contributed by atoms with E-state index in [2.05, 4.69) is 0 Å². The van der Waals surface area contributed by atoms with Crippen LogP contribution in [0.25, 0.3) is 0 Å². The number of alkyl halides is 4. The second kappa shape index (κ2) is 4.23. The molecule has 0 spiro atoms. The Kier molecular flexibility index (Phi) is 3.35. The van der Waals surface area contributed by atoms with Crippen molar-refractivity contribution >= 4 is 6.29 Å². The Morgan fingerprint density at radius 1 is 1.12 bits per heavy atom. The average molecular weight is 233 g/mol. The number of rotatable bonds is 4. The van der Waals surface area contributed by atoms with E-state index in [9.17, 15) is 22.4 Å². The Balaban J connectivity index is 3.01. The standard InChI is InChI=1S/C11H9F4O/c1-10(12,13)11(14,15)9-4-2-8(3-5-9)6-7-16/h2-5H,6H2,1H3. The lowest BCUT2D eigenvalue weighted by Gasteiger charge is -2.23. The molecule has 0 aliphatic carbocycles. The number of carbonyl (C=O) groups excluding carboxylic acids is 1. The molecule has 0 bridgehead atoms. The van der Waals surface area contributed by atoms with Gasteiger partial charge in [0.25, 0.3) is 0 Å². The van der Waals surface area contributed by atoms with Crippen LogP contribution in [-0.4, -0.2) is 12.2 Å². The van der Waals surface area contributed by atoms with E-state index in [0.29, 0.717) is 5.56 Å². The lowest BCUT2D eigenvalue weighted by atomic mass is 10.0. The first-order chi connectivity index (χ1) is 7.29. The Morgan fingerprint density at radius 2 is 1.62 bits per heavy atom. The van der Waals surface area contributed by atoms with Gasteiger partial charge >= 0.3 is 11.8 Å². The summed E-state index contributed by atoms with van der Waals surface area (Å²) in [6.45, 7) is 0.167. The minimum atomic E-state index is -4.21. The van der Waals surface area contributed by atoms with Crippen LogP contribution in [0.1, 0.15) is 18.1 Å². The van der Waals surface area contributed by atoms with Gasteiger partial charge in [-0.2, -0.15) is 17.6 Å². The molecule has 1 nitrogen and oxygen atoms in total. The molecule has 1 aromatic carbocycles. The van der Waals surface area contributed by atoms with Crippen molar-refractivity contribution in [1.82, 2.24) is 0 Å². The molecular formula is C11H9F4O. The molecule has 16 heavy (non-hydrogen) atoms. The van der Waals surface area contributed by atoms with Gasteiger partial charge < -0.3 is 0 Å². The molecule has 0 N–H and O–H groups in total. The van der Waals surface area contributed by atoms with Gasteiger partial charge in [-0.1, -0.05) is 24.3 Å². The van der Waals surface area contributed by atoms with Crippen LogP contribution >= 0.6 is 0 Å². The highest BCUT2D eigenvalue weighted by atomic mass is 19.3. The largest absolute Gasteiger partial charge is 0.335 e. The zero-order chi connectivity index (χ0) is 12.4. The summed E-state index contributed by atoms with van der Waals surface area (Å²) in [5.41, 5.74) is -0.316. The zero-order valence-electron chi connectivity index (χ0n) is 8.44. The van der Waals surface area contributed by atoms with Gasteiger partial charge in [-0.05, 0) is 5.56 Å². The van der Waals surface area contributed by atoms with Crippen molar-refractivity contribution in [3.05, 3.63) is 35.4 Å². The van der Waals surface area contributed by atoms with Crippen LogP contribution in [-0.2, 0) is 17.1 Å². The lowest BCUT2D eigenvalue weighted by Crippen LogP contribution is -2.34. The van der Waals surface area contributed by atoms with E-state index in [1.54, 1.807) is 6.29 Å². The van der Waals surface area contributed by atoms with Crippen LogP contribution in [0.5, 0.6) is 0 Å². The summed E-state index contributed by atoms with van der Waals surface area (Å²) < 4.78 is 51.6. The summed E-state index contributed by atoms with van der Waals surface area (Å²) in [5, 5.41) is 0. The molecule has 87 valence electrons. The topological polar surface area (TPSA) is 17.1 Å². The molecule has 5 heteroatoms. The summed E-state index contributed by atoms with van der Waals surface area (Å²) in [5.74, 6) is -8.33. The fourth-order valence-electron chi connectivity index (χ4n) is 1.17. The maximum Gasteiger partial charge on any atom is 0.335 e. The monoisotopic (exact) mass is 233 g/mol. The molecule has 0 fully saturated rings. The van der Waals surface area contributed by atoms with E-state index in [0.717, 1.165) is 12.1 Å². The van der Waals surface area contributed by atoms with Crippen molar-refractivity contribution in [3.63, 3.8) is 0 Å². The van der Waals surface area contributed by atoms with Crippen LogP contribution in [0.3, 0.4) is 0 Å². The van der Waals surface area contributed by atoms with E-state index in [-0.39, 0.29) is 13.3 Å². The highest BCUT2D eigenvalue weighted by Crippen LogP contribution is 2.42. The van der Waals surface area contributed by atoms with Gasteiger partial charge in [0.05, 0.1) is 0 Å². The Morgan fingerprint density at radius 3 is 2.00 bits per heavy atom. The molecule has 1 aromatic rings. The van der Waals surface area contributed by atoms with Gasteiger partial charge in [0.1, 0.15) is 0 Å². The third-order valence-electron chi connectivity index (χ3n) is 2.14. The SMILES string of the molecule is CC(F)(F)C(F)(F)c1ccc(C[C]=O)cc1. The quantitative estimate of drug-likeness (QED) is 0.730. The van der Waals surface area contributed by atoms with Crippen LogP contribution in [0.4, 0.5) is 17.6 Å². The third kappa shape index (κ3) is 2.40. The first-order valence-corrected chi connectivity index (χ1v) is 4.49. The summed E-state index contributed by atoms with van der Waals surface area (Å²) in [4.78, 5) is 10.0. The van der Waals surface area contributed by atoms with Crippen molar-refractivity contribution in [2.45, 2.75) is 25.2 Å². The molecule has 0 saturated heterocycles. The molecule has 0 amide bonds. The maximum absolute atomic E-state index is 13.2. The van der Waals surface area contributed by atoms with Crippen LogP contribution in [0, 0.1) is 0 Å². The molecule has 0 aromatic heterocycles. The van der Waals surface area contributed by atoms with Gasteiger partial charge in [0.2, 0.25) is 6.29 Å². The molecule has 0 atom stereocenters. The lowest BCUT2D eigenvalue weighted by molar-refractivity contribution is -0.204. The average Bonchev–Trinajstić information content (AvgIpc) is 2.17. The number of benzene rings is 1. The molecular weight excluding hydrogens is 224 g/mol. The summed E-state index contributed by atoms with van der Waals surface area (Å²) in [7, 11) is 0. The van der Waals surface area contributed by atoms with Crippen molar-refractivity contribution in [2.24, 2.45) is 0 Å². The highest BCUT2D eigenvalue weighted by Gasteiger charge is 2.53. The van der Waals surface area contributed by atoms with E-state index in [1.165, 1.54) is 12.1 Å². The summed E-state index contributed by atoms with van der Waals surface area (Å²) >= 11 is 0. The summed E-state index contributed by atoms with van der Waals surface area (Å²) in [6, 6.07) is 4.20. The zero-order valence-corrected chi connectivity index (χ0v) is 8.44. The Labute approximate surface area is 90.1 Å². The van der Waals surface area contributed by atoms with Crippen molar-refractivity contribution in [1.29, 1.82) is 0 Å². The van der Waals surface area contributed by atoms with Crippen molar-refractivity contribution in [3.8, 4) is 0 Å². The van der Waals surface area contributed by atoms with E-state index >= 15 is 0 Å². The van der Waals surface area contributed by atoms with E-state index < -0.39 is 17.4 Å². The van der Waals surface area contributed by atoms with Gasteiger partial charge in [0.15, 0.2) is 0 Å². The van der Waals surface area contributed by atoms with E-state index in [4.69, 9.17) is 0 Å². The Hall–Kier alpha value is -1.39. The normalized spacial score (nSPS) is 12.6. The number of halogens is 4. The molecule has 0 heterocycles. The van der Waals surface area contributed by atoms with E-state index in [1.807, 2.05) is 0 Å². The molecule has 1 rings (SSSR count). The minimum absolute atomic E-state index is 0.0473. The fourth-order valence-corrected chi connectivity index (χ4v) is 1.17. The van der Waals surface area contributed by atoms with Crippen LogP contribution in [0.2, 0.25) is 0 Å². The molecule has 0 aliphatic heterocycles. The van der Waals surface area contributed by atoms with Crippen LogP contribution < -0.4 is 0 Å². The number of hydrogen-bond acceptors (Lipinski definition) is 1. The third-order valence-corrected chi connectivity index (χ3v) is 2.14. The smallest absolute Gasteiger partial charge is 0.291 e. The molecule has 1 radical (unpaired) electrons. The summed E-state index contributed by atoms with van der Waals surface area (Å²) in [6.07, 6.45) is 1.54. The van der Waals surface area contributed by atoms with Gasteiger partial charge in [-0.25, -0.2) is 0 Å². The van der Waals surface area contributed by atoms with Crippen LogP contribution in [0.15, 0.2) is 24.3 Å². The maximum atomic E-state index is 13.2.